The summed E-state index contributed by atoms with van der Waals surface area (Å²) in [6.45, 7) is 11.7. The van der Waals surface area contributed by atoms with Crippen LogP contribution in [0.1, 0.15) is 98.3 Å². The predicted octanol–water partition coefficient (Wildman–Crippen LogP) is 5.93. The molecule has 2 amide bonds. The molecule has 252 valence electrons. The third-order valence-electron chi connectivity index (χ3n) is 13.8. The van der Waals surface area contributed by atoms with Crippen LogP contribution in [0.15, 0.2) is 29.2 Å². The molecule has 0 bridgehead atoms. The lowest BCUT2D eigenvalue weighted by molar-refractivity contribution is -0.203. The maximum absolute atomic E-state index is 13.0. The Morgan fingerprint density at radius 2 is 1.62 bits per heavy atom. The fourth-order valence-electron chi connectivity index (χ4n) is 11.5. The highest BCUT2D eigenvalue weighted by atomic mass is 32.2. The third-order valence-corrected chi connectivity index (χ3v) is 15.2. The molecule has 9 heteroatoms. The highest BCUT2D eigenvalue weighted by molar-refractivity contribution is 7.90. The molecule has 5 fully saturated rings. The largest absolute Gasteiger partial charge is 0.393 e. The van der Waals surface area contributed by atoms with Crippen LogP contribution in [0, 0.1) is 52.3 Å². The lowest BCUT2D eigenvalue weighted by atomic mass is 9.41. The topological polar surface area (TPSA) is 119 Å². The molecule has 1 heterocycles. The number of amides is 2. The number of fused-ring (bicyclic) bond motifs is 5. The van der Waals surface area contributed by atoms with Crippen molar-refractivity contribution in [1.29, 1.82) is 0 Å². The van der Waals surface area contributed by atoms with E-state index in [4.69, 9.17) is 0 Å². The van der Waals surface area contributed by atoms with E-state index in [1.54, 1.807) is 12.1 Å². The maximum atomic E-state index is 13.0. The van der Waals surface area contributed by atoms with Gasteiger partial charge >= 0.3 is 6.03 Å². The number of sulfonamides is 1. The molecule has 6 rings (SSSR count). The van der Waals surface area contributed by atoms with Crippen molar-refractivity contribution in [2.45, 2.75) is 115 Å². The van der Waals surface area contributed by atoms with Gasteiger partial charge in [-0.25, -0.2) is 17.9 Å². The summed E-state index contributed by atoms with van der Waals surface area (Å²) in [7, 11) is -3.98. The first-order valence-electron chi connectivity index (χ1n) is 17.9. The highest BCUT2D eigenvalue weighted by Crippen LogP contribution is 2.69. The number of urea groups is 1. The van der Waals surface area contributed by atoms with Crippen molar-refractivity contribution in [1.82, 2.24) is 10.0 Å². The van der Waals surface area contributed by atoms with E-state index in [0.29, 0.717) is 30.2 Å². The van der Waals surface area contributed by atoms with Gasteiger partial charge < -0.3 is 20.4 Å². The van der Waals surface area contributed by atoms with Crippen molar-refractivity contribution in [2.24, 2.45) is 52.3 Å². The molecule has 1 unspecified atom stereocenters. The Kier molecular flexibility index (Phi) is 9.29. The number of aliphatic hydroxyl groups is 2. The zero-order valence-corrected chi connectivity index (χ0v) is 28.7. The molecule has 0 radical (unpaired) electrons. The van der Waals surface area contributed by atoms with E-state index in [1.165, 1.54) is 6.42 Å². The van der Waals surface area contributed by atoms with Gasteiger partial charge in [-0.1, -0.05) is 34.1 Å². The normalized spacial score (nSPS) is 40.5. The molecular formula is C36H57N3O5S. The van der Waals surface area contributed by atoms with Crippen LogP contribution >= 0.6 is 0 Å². The molecule has 1 aromatic rings. The van der Waals surface area contributed by atoms with E-state index in [2.05, 4.69) is 42.6 Å². The van der Waals surface area contributed by atoms with E-state index < -0.39 is 16.1 Å². The quantitative estimate of drug-likeness (QED) is 0.293. The van der Waals surface area contributed by atoms with Gasteiger partial charge in [-0.2, -0.15) is 0 Å². The number of hydrogen-bond acceptors (Lipinski definition) is 6. The fraction of sp³-hybridized carbons (Fsp3) is 0.806. The molecule has 1 aliphatic heterocycles. The molecule has 4 aliphatic carbocycles. The summed E-state index contributed by atoms with van der Waals surface area (Å²) >= 11 is 0. The fourth-order valence-corrected chi connectivity index (χ4v) is 12.5. The summed E-state index contributed by atoms with van der Waals surface area (Å²) in [4.78, 5) is 15.2. The molecule has 0 spiro atoms. The molecule has 11 atom stereocenters. The number of anilines is 1. The number of aliphatic hydroxyl groups excluding tert-OH is 2. The molecule has 4 N–H and O–H groups in total. The van der Waals surface area contributed by atoms with Crippen LogP contribution < -0.4 is 14.9 Å². The standard InChI is InChI=1S/C36H57N3O5S/c1-5-27-31-21-25(40)15-17-36(31,4)30-16-18-35(3)28(13-14-29(35)32(30)33(27)41)23(2)22-37-34(42)38-45(43,44)26-11-9-24(10-12-26)39-19-7-6-8-20-39/h9-12,23,25,27-33,40-41H,5-8,13-22H2,1-4H3,(H2,37,38,42)/t23-,25-,27-,28-,29+,30+,31?,32+,33-,35-,36-/m1/s1. The van der Waals surface area contributed by atoms with Crippen LogP contribution in [0.25, 0.3) is 0 Å². The average Bonchev–Trinajstić information content (AvgIpc) is 3.38. The minimum Gasteiger partial charge on any atom is -0.393 e. The highest BCUT2D eigenvalue weighted by Gasteiger charge is 2.64. The van der Waals surface area contributed by atoms with Gasteiger partial charge in [0.25, 0.3) is 10.0 Å². The second-order valence-electron chi connectivity index (χ2n) is 16.0. The summed E-state index contributed by atoms with van der Waals surface area (Å²) in [5.41, 5.74) is 1.27. The zero-order valence-electron chi connectivity index (χ0n) is 27.9. The maximum Gasteiger partial charge on any atom is 0.328 e. The number of piperidine rings is 1. The summed E-state index contributed by atoms with van der Waals surface area (Å²) in [6.07, 6.45) is 11.1. The van der Waals surface area contributed by atoms with Crippen molar-refractivity contribution in [3.05, 3.63) is 24.3 Å². The smallest absolute Gasteiger partial charge is 0.328 e. The summed E-state index contributed by atoms with van der Waals surface area (Å²) in [5.74, 6) is 2.42. The molecular weight excluding hydrogens is 586 g/mol. The Labute approximate surface area is 271 Å². The Morgan fingerprint density at radius 3 is 2.31 bits per heavy atom. The SMILES string of the molecule is CC[C@@H]1C2C[C@H](O)CC[C@]2(C)[C@H]2CC[C@]3(C)[C@@H]([C@H](C)CNC(=O)NS(=O)(=O)c4ccc(N5CCCCC5)cc4)CC[C@H]3[C@@H]2[C@@H]1O. The molecule has 4 saturated carbocycles. The molecule has 5 aliphatic rings. The number of hydrogen-bond donors (Lipinski definition) is 4. The van der Waals surface area contributed by atoms with Crippen molar-refractivity contribution in [3.8, 4) is 0 Å². The molecule has 8 nitrogen and oxygen atoms in total. The van der Waals surface area contributed by atoms with Gasteiger partial charge in [-0.15, -0.1) is 0 Å². The predicted molar refractivity (Wildman–Crippen MR) is 177 cm³/mol. The Morgan fingerprint density at radius 1 is 0.956 bits per heavy atom. The number of nitrogens with zero attached hydrogens (tertiary/aromatic N) is 1. The van der Waals surface area contributed by atoms with Crippen molar-refractivity contribution >= 4 is 21.7 Å². The van der Waals surface area contributed by atoms with Crippen LogP contribution in [0.3, 0.4) is 0 Å². The molecule has 1 saturated heterocycles. The molecule has 45 heavy (non-hydrogen) atoms. The van der Waals surface area contributed by atoms with Gasteiger partial charge in [0, 0.05) is 25.3 Å². The van der Waals surface area contributed by atoms with Gasteiger partial charge in [0.1, 0.15) is 0 Å². The van der Waals surface area contributed by atoms with Crippen LogP contribution in [-0.2, 0) is 10.0 Å². The van der Waals surface area contributed by atoms with Crippen LogP contribution in [0.2, 0.25) is 0 Å². The van der Waals surface area contributed by atoms with Gasteiger partial charge in [-0.05, 0) is 141 Å². The molecule has 0 aromatic heterocycles. The van der Waals surface area contributed by atoms with E-state index in [9.17, 15) is 23.4 Å². The first-order valence-corrected chi connectivity index (χ1v) is 19.4. The lowest BCUT2D eigenvalue weighted by Gasteiger charge is -2.64. The van der Waals surface area contributed by atoms with Crippen LogP contribution in [0.5, 0.6) is 0 Å². The van der Waals surface area contributed by atoms with E-state index in [-0.39, 0.29) is 45.7 Å². The van der Waals surface area contributed by atoms with Crippen molar-refractivity contribution in [2.75, 3.05) is 24.5 Å². The number of carbonyl (C=O) groups excluding carboxylic acids is 1. The second kappa shape index (κ2) is 12.6. The Hall–Kier alpha value is -1.84. The van der Waals surface area contributed by atoms with Crippen LogP contribution in [-0.4, -0.2) is 56.5 Å². The number of carbonyl (C=O) groups is 1. The first-order chi connectivity index (χ1) is 21.4. The second-order valence-corrected chi connectivity index (χ2v) is 17.6. The summed E-state index contributed by atoms with van der Waals surface area (Å²) in [5, 5.41) is 25.4. The first kappa shape index (κ1) is 33.1. The van der Waals surface area contributed by atoms with Gasteiger partial charge in [-0.3, -0.25) is 0 Å². The number of nitrogens with one attached hydrogen (secondary N) is 2. The van der Waals surface area contributed by atoms with Gasteiger partial charge in [0.2, 0.25) is 0 Å². The van der Waals surface area contributed by atoms with Crippen molar-refractivity contribution < 1.29 is 23.4 Å². The average molecular weight is 644 g/mol. The summed E-state index contributed by atoms with van der Waals surface area (Å²) in [6, 6.07) is 6.14. The number of benzene rings is 1. The number of rotatable bonds is 7. The van der Waals surface area contributed by atoms with Gasteiger partial charge in [0.15, 0.2) is 0 Å². The Balaban J connectivity index is 1.08. The molecule has 1 aromatic carbocycles. The summed E-state index contributed by atoms with van der Waals surface area (Å²) < 4.78 is 28.2. The Bertz CT molecular complexity index is 1320. The van der Waals surface area contributed by atoms with E-state index in [1.807, 2.05) is 12.1 Å². The van der Waals surface area contributed by atoms with Gasteiger partial charge in [0.05, 0.1) is 17.1 Å². The zero-order chi connectivity index (χ0) is 32.1. The monoisotopic (exact) mass is 643 g/mol. The van der Waals surface area contributed by atoms with Crippen molar-refractivity contribution in [3.63, 3.8) is 0 Å². The van der Waals surface area contributed by atoms with E-state index in [0.717, 1.165) is 83.0 Å². The van der Waals surface area contributed by atoms with Crippen LogP contribution in [0.4, 0.5) is 10.5 Å². The lowest BCUT2D eigenvalue weighted by Crippen LogP contribution is -2.62. The third kappa shape index (κ3) is 5.92. The minimum absolute atomic E-state index is 0.0809. The van der Waals surface area contributed by atoms with E-state index >= 15 is 0 Å². The minimum atomic E-state index is -3.98.